The smallest absolute Gasteiger partial charge is 0.164 e. The Bertz CT molecular complexity index is 4830. The molecule has 2 N–H and O–H groups in total. The van der Waals surface area contributed by atoms with Gasteiger partial charge in [-0.2, -0.15) is 0 Å². The van der Waals surface area contributed by atoms with Gasteiger partial charge in [-0.3, -0.25) is 0 Å². The third kappa shape index (κ3) is 9.67. The molecule has 0 spiro atoms. The third-order valence-electron chi connectivity index (χ3n) is 19.1. The van der Waals surface area contributed by atoms with E-state index in [0.29, 0.717) is 79.1 Å². The number of benzene rings is 6. The quantitative estimate of drug-likeness (QED) is 0.0909. The summed E-state index contributed by atoms with van der Waals surface area (Å²) in [6, 6.07) is 42.5. The number of nitrogens with zero attached hydrogens (tertiary/aromatic N) is 10. The highest BCUT2D eigenvalue weighted by Gasteiger charge is 2.43. The van der Waals surface area contributed by atoms with Gasteiger partial charge in [-0.15, -0.1) is 11.1 Å². The first kappa shape index (κ1) is 58.2. The van der Waals surface area contributed by atoms with Crippen molar-refractivity contribution in [3.8, 4) is 91.3 Å². The maximum Gasteiger partial charge on any atom is 0.164 e. The Hall–Kier alpha value is -8.83. The van der Waals surface area contributed by atoms with Gasteiger partial charge in [0.25, 0.3) is 0 Å². The second kappa shape index (κ2) is 22.7. The van der Waals surface area contributed by atoms with Crippen molar-refractivity contribution >= 4 is 82.3 Å². The molecule has 0 radical (unpaired) electrons. The molecule has 13 rings (SSSR count). The van der Waals surface area contributed by atoms with Crippen LogP contribution in [0, 0.1) is 22.9 Å². The molecule has 5 aromatic heterocycles. The Morgan fingerprint density at radius 2 is 0.727 bits per heavy atom. The first-order chi connectivity index (χ1) is 42.4. The number of aromatic nitrogens is 12. The van der Waals surface area contributed by atoms with Crippen LogP contribution in [-0.2, 0) is 13.1 Å². The number of aromatic amines is 2. The van der Waals surface area contributed by atoms with Crippen LogP contribution in [0.2, 0.25) is 33.2 Å². The molecule has 0 amide bonds. The zero-order chi connectivity index (χ0) is 61.5. The van der Waals surface area contributed by atoms with Gasteiger partial charge in [0.2, 0.25) is 0 Å². The molecule has 0 fully saturated rings. The Morgan fingerprint density at radius 3 is 1.14 bits per heavy atom. The van der Waals surface area contributed by atoms with E-state index >= 15 is 0 Å². The van der Waals surface area contributed by atoms with Crippen molar-refractivity contribution in [3.05, 3.63) is 132 Å². The predicted molar refractivity (Wildman–Crippen MR) is 370 cm³/mol. The molecule has 11 aromatic rings. The molecule has 2 aliphatic heterocycles. The van der Waals surface area contributed by atoms with Crippen molar-refractivity contribution < 1.29 is 0 Å². The van der Waals surface area contributed by atoms with Crippen LogP contribution in [-0.4, -0.2) is 75.1 Å². The molecule has 0 saturated heterocycles. The molecule has 88 heavy (non-hydrogen) atoms. The van der Waals surface area contributed by atoms with Crippen LogP contribution >= 0.6 is 0 Å². The Morgan fingerprint density at radius 1 is 0.375 bits per heavy atom. The summed E-state index contributed by atoms with van der Waals surface area (Å²) in [5, 5.41) is 3.57. The van der Waals surface area contributed by atoms with E-state index in [-0.39, 0.29) is 0 Å². The maximum atomic E-state index is 5.56. The van der Waals surface area contributed by atoms with E-state index in [2.05, 4.69) is 236 Å². The number of fused-ring (bicyclic) bond motifs is 22. The fourth-order valence-corrected chi connectivity index (χ4v) is 25.4. The average Bonchev–Trinajstić information content (AvgIpc) is 2.19. The molecule has 7 heterocycles. The highest BCUT2D eigenvalue weighted by molar-refractivity contribution is 6.91. The van der Waals surface area contributed by atoms with E-state index in [9.17, 15) is 0 Å². The molecule has 0 saturated carbocycles. The summed E-state index contributed by atoms with van der Waals surface area (Å²) >= 11 is 0. The zero-order valence-electron chi connectivity index (χ0n) is 53.3. The molecule has 2 aliphatic rings. The molecule has 14 heteroatoms. The zero-order valence-corrected chi connectivity index (χ0v) is 55.3. The van der Waals surface area contributed by atoms with Gasteiger partial charge in [0.1, 0.15) is 50.4 Å². The summed E-state index contributed by atoms with van der Waals surface area (Å²) in [6.07, 6.45) is 1.83. The van der Waals surface area contributed by atoms with Crippen molar-refractivity contribution in [3.63, 3.8) is 0 Å². The van der Waals surface area contributed by atoms with Gasteiger partial charge >= 0.3 is 0 Å². The number of hydrogen-bond donors (Lipinski definition) is 2. The number of aryl methyl sites for hydroxylation is 2. The first-order valence-electron chi connectivity index (χ1n) is 31.8. The second-order valence-electron chi connectivity index (χ2n) is 26.1. The standard InChI is InChI=1S/C74H78N12Si2/c1-15-35-85-63-41-59-58(40-62(63)76-74(85)52-31-27-50(28-32-52)34-38-88(46(9)10,47(11)12)48(13)14)70-83-71(59)81-68-56-24-20-18-22-54(56)66(79-68)77-65-53-21-17-19-23-55(53)67(78-65)80-69-57-39-61-64(42-60(57)72(82-69)84-70)86(36-16-2)73(75-61)51-29-25-49(26-30-51)33-37-87(43(3)4,44(5)6)45(7)8/h17-32,39-48H,15-16,35-36H2,1-14H3,(H2,77,78,79,80,81,82,83,84). The van der Waals surface area contributed by atoms with Crippen LogP contribution < -0.4 is 0 Å². The average molecular weight is 1190 g/mol. The number of imidazole rings is 2. The highest BCUT2D eigenvalue weighted by atomic mass is 28.3. The van der Waals surface area contributed by atoms with Gasteiger partial charge < -0.3 is 19.1 Å². The van der Waals surface area contributed by atoms with Gasteiger partial charge in [0.15, 0.2) is 23.3 Å². The summed E-state index contributed by atoms with van der Waals surface area (Å²) in [5.41, 5.74) is 25.0. The van der Waals surface area contributed by atoms with Crippen molar-refractivity contribution in [1.29, 1.82) is 0 Å². The molecule has 0 unspecified atom stereocenters. The van der Waals surface area contributed by atoms with E-state index in [0.717, 1.165) is 126 Å². The summed E-state index contributed by atoms with van der Waals surface area (Å²) in [7, 11) is -3.83. The lowest BCUT2D eigenvalue weighted by atomic mass is 10.1. The SMILES string of the molecule is CCCn1c(-c2ccc(C#C[Si](C(C)C)(C(C)C)C(C)C)cc2)nc2cc3c(cc21)-c1nc-3nc2[nH]c(nc3nc(nc4[nH]c(n1)c1ccccc41)-c1ccccc1-3)c1cc3nc(-c4ccc(C#C[Si](C(C)C)(C(C)C)C(C)C)cc4)n(CCC)c3cc21. The fraction of sp³-hybridized carbons (Fsp3) is 0.324. The Balaban J connectivity index is 1.02. The van der Waals surface area contributed by atoms with E-state index in [1.165, 1.54) is 0 Å². The lowest BCUT2D eigenvalue weighted by Gasteiger charge is -2.38. The molecule has 12 nitrogen and oxygen atoms in total. The maximum absolute atomic E-state index is 5.56. The topological polar surface area (TPSA) is 145 Å². The van der Waals surface area contributed by atoms with Crippen molar-refractivity contribution in [1.82, 2.24) is 59.0 Å². The third-order valence-corrected chi connectivity index (χ3v) is 31.7. The Kier molecular flexibility index (Phi) is 15.0. The van der Waals surface area contributed by atoms with E-state index in [1.54, 1.807) is 0 Å². The van der Waals surface area contributed by atoms with Crippen molar-refractivity contribution in [2.45, 2.75) is 156 Å². The molecule has 0 atom stereocenters. The molecule has 0 aliphatic carbocycles. The van der Waals surface area contributed by atoms with Crippen LogP contribution in [0.15, 0.2) is 121 Å². The van der Waals surface area contributed by atoms with Crippen molar-refractivity contribution in [2.75, 3.05) is 0 Å². The van der Waals surface area contributed by atoms with E-state index in [1.807, 2.05) is 24.3 Å². The normalized spacial score (nSPS) is 12.6. The predicted octanol–water partition coefficient (Wildman–Crippen LogP) is 18.9. The summed E-state index contributed by atoms with van der Waals surface area (Å²) in [5.74, 6) is 11.3. The summed E-state index contributed by atoms with van der Waals surface area (Å²) in [6.45, 7) is 34.3. The highest BCUT2D eigenvalue weighted by Crippen LogP contribution is 2.44. The molecule has 442 valence electrons. The van der Waals surface area contributed by atoms with Gasteiger partial charge in [-0.25, -0.2) is 39.9 Å². The largest absolute Gasteiger partial charge is 0.324 e. The molecular weight excluding hydrogens is 1110 g/mol. The number of nitrogens with one attached hydrogen (secondary N) is 2. The van der Waals surface area contributed by atoms with Gasteiger partial charge in [0.05, 0.1) is 22.1 Å². The van der Waals surface area contributed by atoms with Crippen LogP contribution in [0.25, 0.3) is 135 Å². The number of hydrogen-bond acceptors (Lipinski definition) is 8. The monoisotopic (exact) mass is 1190 g/mol. The lowest BCUT2D eigenvalue weighted by Crippen LogP contribution is -2.43. The van der Waals surface area contributed by atoms with Gasteiger partial charge in [-0.1, -0.05) is 182 Å². The van der Waals surface area contributed by atoms with E-state index in [4.69, 9.17) is 39.9 Å². The van der Waals surface area contributed by atoms with Crippen molar-refractivity contribution in [2.24, 2.45) is 0 Å². The minimum Gasteiger partial charge on any atom is -0.324 e. The molecular formula is C74H78N12Si2. The summed E-state index contributed by atoms with van der Waals surface area (Å²) < 4.78 is 4.68. The van der Waals surface area contributed by atoms with Crippen LogP contribution in [0.4, 0.5) is 0 Å². The number of H-pyrrole nitrogens is 2. The van der Waals surface area contributed by atoms with Crippen LogP contribution in [0.1, 0.15) is 121 Å². The van der Waals surface area contributed by atoms with Gasteiger partial charge in [-0.05, 0) is 94.6 Å². The van der Waals surface area contributed by atoms with Crippen LogP contribution in [0.5, 0.6) is 0 Å². The minimum absolute atomic E-state index is 0.511. The fourth-order valence-electron chi connectivity index (χ4n) is 14.9. The Labute approximate surface area is 518 Å². The minimum atomic E-state index is -1.92. The molecule has 8 bridgehead atoms. The summed E-state index contributed by atoms with van der Waals surface area (Å²) in [4.78, 5) is 50.5. The lowest BCUT2D eigenvalue weighted by molar-refractivity contribution is 0.704. The number of rotatable bonds is 12. The van der Waals surface area contributed by atoms with E-state index < -0.39 is 16.1 Å². The van der Waals surface area contributed by atoms with Crippen LogP contribution in [0.3, 0.4) is 0 Å². The first-order valence-corrected chi connectivity index (χ1v) is 36.2. The second-order valence-corrected chi connectivity index (χ2v) is 37.3. The van der Waals surface area contributed by atoms with Gasteiger partial charge in [0, 0.05) is 79.1 Å². The molecule has 6 aromatic carbocycles.